The van der Waals surface area contributed by atoms with Crippen LogP contribution in [0.2, 0.25) is 0 Å². The zero-order chi connectivity index (χ0) is 29.9. The van der Waals surface area contributed by atoms with Gasteiger partial charge in [0.1, 0.15) is 24.7 Å². The third-order valence-corrected chi connectivity index (χ3v) is 7.61. The molecule has 2 heterocycles. The van der Waals surface area contributed by atoms with E-state index in [9.17, 15) is 9.59 Å². The van der Waals surface area contributed by atoms with Crippen molar-refractivity contribution in [1.29, 1.82) is 0 Å². The number of H-pyrrole nitrogens is 2. The van der Waals surface area contributed by atoms with Crippen LogP contribution in [-0.2, 0) is 13.2 Å². The minimum Gasteiger partial charge on any atom is -0.489 e. The maximum absolute atomic E-state index is 13.2. The maximum atomic E-state index is 13.2. The second-order valence-electron chi connectivity index (χ2n) is 10.6. The predicted octanol–water partition coefficient (Wildman–Crippen LogP) is 7.86. The zero-order valence-electron chi connectivity index (χ0n) is 23.7. The van der Waals surface area contributed by atoms with Crippen LogP contribution in [0.3, 0.4) is 0 Å². The smallest absolute Gasteiger partial charge is 0.190 e. The number of benzene rings is 5. The van der Waals surface area contributed by atoms with Gasteiger partial charge in [0.25, 0.3) is 0 Å². The molecule has 6 nitrogen and oxygen atoms in total. The van der Waals surface area contributed by atoms with Gasteiger partial charge >= 0.3 is 0 Å². The van der Waals surface area contributed by atoms with Crippen molar-refractivity contribution in [2.45, 2.75) is 13.2 Å². The lowest BCUT2D eigenvalue weighted by Gasteiger charge is -2.10. The second kappa shape index (κ2) is 11.8. The maximum Gasteiger partial charge on any atom is 0.190 e. The van der Waals surface area contributed by atoms with Gasteiger partial charge in [-0.25, -0.2) is 0 Å². The van der Waals surface area contributed by atoms with Gasteiger partial charge in [0.05, 0.1) is 11.0 Å². The number of hydrogen-bond donors (Lipinski definition) is 2. The fourth-order valence-electron chi connectivity index (χ4n) is 5.23. The molecule has 0 aliphatic carbocycles. The van der Waals surface area contributed by atoms with Gasteiger partial charge in [-0.2, -0.15) is 0 Å². The van der Waals surface area contributed by atoms with Crippen molar-refractivity contribution < 1.29 is 9.47 Å². The van der Waals surface area contributed by atoms with Gasteiger partial charge in [-0.3, -0.25) is 9.59 Å². The summed E-state index contributed by atoms with van der Waals surface area (Å²) in [5, 5.41) is 1.02. The SMILES string of the molecule is O=c1cc(-c2ccc(COc3ccccc3)cc2)[nH]c2cc3c(=O)cc(-c4ccc(COc5ccccc5)cc4)[nH]c3cc12. The van der Waals surface area contributed by atoms with Gasteiger partial charge in [-0.15, -0.1) is 0 Å². The number of para-hydroxylation sites is 2. The van der Waals surface area contributed by atoms with E-state index < -0.39 is 0 Å². The van der Waals surface area contributed by atoms with Crippen molar-refractivity contribution in [3.8, 4) is 34.0 Å². The van der Waals surface area contributed by atoms with Crippen LogP contribution >= 0.6 is 0 Å². The Kier molecular flexibility index (Phi) is 7.22. The molecule has 2 aromatic heterocycles. The molecule has 0 bridgehead atoms. The summed E-state index contributed by atoms with van der Waals surface area (Å²) in [6.07, 6.45) is 0. The predicted molar refractivity (Wildman–Crippen MR) is 175 cm³/mol. The standard InChI is InChI=1S/C38H28N2O4/c41-37-21-33(27-15-11-25(12-16-27)23-43-29-7-3-1-4-8-29)39-35-19-32-36(20-31(35)37)40-34(22-38(32)42)28-17-13-26(14-18-28)24-44-30-9-5-2-6-10-30/h1-22H,23-24H2,(H,39,41)(H,40,42). The summed E-state index contributed by atoms with van der Waals surface area (Å²) in [6, 6.07) is 41.8. The molecule has 7 rings (SSSR count). The number of ether oxygens (including phenoxy) is 2. The number of rotatable bonds is 8. The highest BCUT2D eigenvalue weighted by atomic mass is 16.5. The van der Waals surface area contributed by atoms with E-state index in [2.05, 4.69) is 9.97 Å². The molecule has 44 heavy (non-hydrogen) atoms. The van der Waals surface area contributed by atoms with Gasteiger partial charge in [0.2, 0.25) is 0 Å². The Morgan fingerprint density at radius 1 is 0.455 bits per heavy atom. The summed E-state index contributed by atoms with van der Waals surface area (Å²) >= 11 is 0. The monoisotopic (exact) mass is 576 g/mol. The molecule has 7 aromatic rings. The van der Waals surface area contributed by atoms with E-state index in [4.69, 9.17) is 9.47 Å². The van der Waals surface area contributed by atoms with Crippen LogP contribution in [0.15, 0.2) is 143 Å². The van der Waals surface area contributed by atoms with Crippen molar-refractivity contribution in [3.05, 3.63) is 165 Å². The van der Waals surface area contributed by atoms with E-state index in [1.54, 1.807) is 24.3 Å². The topological polar surface area (TPSA) is 84.2 Å². The molecule has 0 aliphatic heterocycles. The molecule has 0 saturated carbocycles. The molecule has 0 fully saturated rings. The third-order valence-electron chi connectivity index (χ3n) is 7.61. The first kappa shape index (κ1) is 27.0. The van der Waals surface area contributed by atoms with Gasteiger partial charge in [0, 0.05) is 34.3 Å². The van der Waals surface area contributed by atoms with Crippen LogP contribution in [0.1, 0.15) is 11.1 Å². The zero-order valence-corrected chi connectivity index (χ0v) is 23.7. The minimum atomic E-state index is -0.124. The van der Waals surface area contributed by atoms with Crippen molar-refractivity contribution in [1.82, 2.24) is 9.97 Å². The van der Waals surface area contributed by atoms with Crippen molar-refractivity contribution in [2.24, 2.45) is 0 Å². The Balaban J connectivity index is 1.13. The number of aromatic nitrogens is 2. The molecule has 0 amide bonds. The average molecular weight is 577 g/mol. The Morgan fingerprint density at radius 3 is 1.23 bits per heavy atom. The van der Waals surface area contributed by atoms with E-state index in [1.807, 2.05) is 109 Å². The van der Waals surface area contributed by atoms with Crippen LogP contribution in [-0.4, -0.2) is 9.97 Å². The lowest BCUT2D eigenvalue weighted by atomic mass is 10.0. The van der Waals surface area contributed by atoms with Gasteiger partial charge in [-0.05, 0) is 58.7 Å². The molecule has 0 aliphatic rings. The summed E-state index contributed by atoms with van der Waals surface area (Å²) in [6.45, 7) is 0.893. The summed E-state index contributed by atoms with van der Waals surface area (Å²) in [5.74, 6) is 1.62. The largest absolute Gasteiger partial charge is 0.489 e. The van der Waals surface area contributed by atoms with Crippen LogP contribution < -0.4 is 20.3 Å². The molecular formula is C38H28N2O4. The average Bonchev–Trinajstić information content (AvgIpc) is 3.07. The van der Waals surface area contributed by atoms with E-state index in [0.29, 0.717) is 46.4 Å². The first-order chi connectivity index (χ1) is 21.6. The lowest BCUT2D eigenvalue weighted by molar-refractivity contribution is 0.306. The Bertz CT molecular complexity index is 2030. The quantitative estimate of drug-likeness (QED) is 0.180. The summed E-state index contributed by atoms with van der Waals surface area (Å²) in [5.41, 5.74) is 6.11. The van der Waals surface area contributed by atoms with Crippen LogP contribution in [0.25, 0.3) is 44.3 Å². The minimum absolute atomic E-state index is 0.124. The molecule has 214 valence electrons. The first-order valence-corrected chi connectivity index (χ1v) is 14.4. The van der Waals surface area contributed by atoms with Gasteiger partial charge < -0.3 is 19.4 Å². The molecular weight excluding hydrogens is 548 g/mol. The fourth-order valence-corrected chi connectivity index (χ4v) is 5.23. The van der Waals surface area contributed by atoms with E-state index in [-0.39, 0.29) is 10.9 Å². The first-order valence-electron chi connectivity index (χ1n) is 14.4. The van der Waals surface area contributed by atoms with E-state index in [1.165, 1.54) is 0 Å². The molecule has 0 atom stereocenters. The normalized spacial score (nSPS) is 11.1. The molecule has 0 radical (unpaired) electrons. The molecule has 6 heteroatoms. The number of pyridine rings is 2. The third kappa shape index (κ3) is 5.74. The lowest BCUT2D eigenvalue weighted by Crippen LogP contribution is -2.07. The van der Waals surface area contributed by atoms with Crippen molar-refractivity contribution in [2.75, 3.05) is 0 Å². The Hall–Kier alpha value is -5.88. The van der Waals surface area contributed by atoms with Crippen molar-refractivity contribution in [3.63, 3.8) is 0 Å². The number of fused-ring (bicyclic) bond motifs is 2. The molecule has 5 aromatic carbocycles. The van der Waals surface area contributed by atoms with Crippen LogP contribution in [0, 0.1) is 0 Å². The van der Waals surface area contributed by atoms with E-state index in [0.717, 1.165) is 33.8 Å². The number of nitrogens with one attached hydrogen (secondary N) is 2. The summed E-state index contributed by atoms with van der Waals surface area (Å²) < 4.78 is 11.7. The van der Waals surface area contributed by atoms with Crippen LogP contribution in [0.4, 0.5) is 0 Å². The molecule has 0 unspecified atom stereocenters. The highest BCUT2D eigenvalue weighted by Gasteiger charge is 2.11. The molecule has 2 N–H and O–H groups in total. The van der Waals surface area contributed by atoms with Gasteiger partial charge in [0.15, 0.2) is 10.9 Å². The summed E-state index contributed by atoms with van der Waals surface area (Å²) in [7, 11) is 0. The fraction of sp³-hybridized carbons (Fsp3) is 0.0526. The van der Waals surface area contributed by atoms with Gasteiger partial charge in [-0.1, -0.05) is 84.9 Å². The number of hydrogen-bond acceptors (Lipinski definition) is 4. The van der Waals surface area contributed by atoms with Crippen molar-refractivity contribution >= 4 is 21.8 Å². The van der Waals surface area contributed by atoms with Crippen LogP contribution in [0.5, 0.6) is 11.5 Å². The Morgan fingerprint density at radius 2 is 0.841 bits per heavy atom. The van der Waals surface area contributed by atoms with E-state index >= 15 is 0 Å². The highest BCUT2D eigenvalue weighted by Crippen LogP contribution is 2.25. The molecule has 0 spiro atoms. The number of aromatic amines is 2. The molecule has 0 saturated heterocycles. The Labute approximate surface area is 253 Å². The summed E-state index contributed by atoms with van der Waals surface area (Å²) in [4.78, 5) is 33.2. The highest BCUT2D eigenvalue weighted by molar-refractivity contribution is 5.96. The second-order valence-corrected chi connectivity index (χ2v) is 10.6.